The molecule has 0 amide bonds. The molecule has 0 radical (unpaired) electrons. The Hall–Kier alpha value is -1.28. The van der Waals surface area contributed by atoms with Crippen LogP contribution >= 0.6 is 0 Å². The van der Waals surface area contributed by atoms with Gasteiger partial charge in [0, 0.05) is 17.6 Å². The van der Waals surface area contributed by atoms with Gasteiger partial charge in [0.05, 0.1) is 6.61 Å². The fraction of sp³-hybridized carbons (Fsp3) is 0.529. The predicted molar refractivity (Wildman–Crippen MR) is 83.6 cm³/mol. The van der Waals surface area contributed by atoms with Gasteiger partial charge in [-0.15, -0.1) is 0 Å². The van der Waals surface area contributed by atoms with Gasteiger partial charge in [-0.25, -0.2) is 0 Å². The van der Waals surface area contributed by atoms with Gasteiger partial charge >= 0.3 is 0 Å². The normalized spacial score (nSPS) is 11.6. The molecule has 106 valence electrons. The highest BCUT2D eigenvalue weighted by Crippen LogP contribution is 2.19. The van der Waals surface area contributed by atoms with Crippen molar-refractivity contribution in [2.75, 3.05) is 19.7 Å². The highest BCUT2D eigenvalue weighted by atomic mass is 16.5. The van der Waals surface area contributed by atoms with Crippen LogP contribution in [-0.4, -0.2) is 30.1 Å². The molecule has 0 aliphatic rings. The van der Waals surface area contributed by atoms with Crippen molar-refractivity contribution in [3.63, 3.8) is 0 Å². The van der Waals surface area contributed by atoms with Gasteiger partial charge < -0.3 is 4.74 Å². The number of nitrogens with zero attached hydrogens (tertiary/aromatic N) is 1. The van der Waals surface area contributed by atoms with Crippen LogP contribution in [0.2, 0.25) is 0 Å². The van der Waals surface area contributed by atoms with E-state index < -0.39 is 0 Å². The SMILES string of the molecule is C=Cc1ccccc1OCCCN(CC)C(C)(C)C. The van der Waals surface area contributed by atoms with E-state index in [0.717, 1.165) is 37.4 Å². The molecule has 0 heterocycles. The van der Waals surface area contributed by atoms with Crippen LogP contribution in [0.4, 0.5) is 0 Å². The molecule has 0 N–H and O–H groups in total. The third-order valence-corrected chi connectivity index (χ3v) is 3.30. The van der Waals surface area contributed by atoms with Crippen molar-refractivity contribution in [3.8, 4) is 5.75 Å². The summed E-state index contributed by atoms with van der Waals surface area (Å²) in [6.07, 6.45) is 2.87. The van der Waals surface area contributed by atoms with E-state index >= 15 is 0 Å². The minimum absolute atomic E-state index is 0.230. The van der Waals surface area contributed by atoms with E-state index in [4.69, 9.17) is 4.74 Å². The summed E-state index contributed by atoms with van der Waals surface area (Å²) in [6, 6.07) is 8.02. The Bertz CT molecular complexity index is 392. The number of ether oxygens (including phenoxy) is 1. The molecule has 0 saturated carbocycles. The summed E-state index contributed by atoms with van der Waals surface area (Å²) in [5.41, 5.74) is 1.29. The van der Waals surface area contributed by atoms with Gasteiger partial charge in [-0.2, -0.15) is 0 Å². The quantitative estimate of drug-likeness (QED) is 0.681. The van der Waals surface area contributed by atoms with Crippen LogP contribution in [-0.2, 0) is 0 Å². The summed E-state index contributed by atoms with van der Waals surface area (Å²) in [4.78, 5) is 2.47. The van der Waals surface area contributed by atoms with Crippen molar-refractivity contribution < 1.29 is 4.74 Å². The maximum atomic E-state index is 5.84. The molecule has 1 rings (SSSR count). The van der Waals surface area contributed by atoms with Crippen molar-refractivity contribution in [2.24, 2.45) is 0 Å². The van der Waals surface area contributed by atoms with Crippen LogP contribution < -0.4 is 4.74 Å². The summed E-state index contributed by atoms with van der Waals surface area (Å²) < 4.78 is 5.84. The van der Waals surface area contributed by atoms with E-state index in [1.807, 2.05) is 30.3 Å². The first-order chi connectivity index (χ1) is 8.99. The number of para-hydroxylation sites is 1. The Morgan fingerprint density at radius 2 is 1.95 bits per heavy atom. The second-order valence-electron chi connectivity index (χ2n) is 5.69. The topological polar surface area (TPSA) is 12.5 Å². The second kappa shape index (κ2) is 7.34. The maximum absolute atomic E-state index is 5.84. The third kappa shape index (κ3) is 5.07. The van der Waals surface area contributed by atoms with Crippen molar-refractivity contribution >= 4 is 6.08 Å². The highest BCUT2D eigenvalue weighted by Gasteiger charge is 2.18. The molecule has 0 spiro atoms. The number of hydrogen-bond donors (Lipinski definition) is 0. The highest BCUT2D eigenvalue weighted by molar-refractivity contribution is 5.55. The lowest BCUT2D eigenvalue weighted by Gasteiger charge is -2.34. The van der Waals surface area contributed by atoms with E-state index in [9.17, 15) is 0 Å². The van der Waals surface area contributed by atoms with Gasteiger partial charge in [0.1, 0.15) is 5.75 Å². The monoisotopic (exact) mass is 261 g/mol. The maximum Gasteiger partial charge on any atom is 0.126 e. The van der Waals surface area contributed by atoms with Crippen molar-refractivity contribution in [3.05, 3.63) is 36.4 Å². The van der Waals surface area contributed by atoms with E-state index in [2.05, 4.69) is 39.2 Å². The molecule has 0 aliphatic carbocycles. The van der Waals surface area contributed by atoms with Crippen LogP contribution in [0.5, 0.6) is 5.75 Å². The van der Waals surface area contributed by atoms with Crippen LogP contribution in [0.25, 0.3) is 6.08 Å². The number of hydrogen-bond acceptors (Lipinski definition) is 2. The fourth-order valence-corrected chi connectivity index (χ4v) is 2.19. The van der Waals surface area contributed by atoms with Gasteiger partial charge in [0.15, 0.2) is 0 Å². The molecule has 19 heavy (non-hydrogen) atoms. The van der Waals surface area contributed by atoms with E-state index in [1.165, 1.54) is 0 Å². The molecule has 1 aromatic rings. The number of benzene rings is 1. The Kier molecular flexibility index (Phi) is 6.10. The molecule has 1 aromatic carbocycles. The zero-order chi connectivity index (χ0) is 14.3. The van der Waals surface area contributed by atoms with E-state index in [0.29, 0.717) is 0 Å². The summed E-state index contributed by atoms with van der Waals surface area (Å²) in [5, 5.41) is 0. The smallest absolute Gasteiger partial charge is 0.126 e. The number of rotatable bonds is 7. The van der Waals surface area contributed by atoms with E-state index in [-0.39, 0.29) is 5.54 Å². The first-order valence-corrected chi connectivity index (χ1v) is 7.08. The van der Waals surface area contributed by atoms with Crippen molar-refractivity contribution in [1.82, 2.24) is 4.90 Å². The third-order valence-electron chi connectivity index (χ3n) is 3.30. The minimum atomic E-state index is 0.230. The lowest BCUT2D eigenvalue weighted by atomic mass is 10.1. The Labute approximate surface area is 118 Å². The van der Waals surface area contributed by atoms with Crippen LogP contribution in [0.15, 0.2) is 30.8 Å². The van der Waals surface area contributed by atoms with Crippen LogP contribution in [0, 0.1) is 0 Å². The average molecular weight is 261 g/mol. The summed E-state index contributed by atoms with van der Waals surface area (Å²) in [7, 11) is 0. The second-order valence-corrected chi connectivity index (χ2v) is 5.69. The average Bonchev–Trinajstić information content (AvgIpc) is 2.37. The first kappa shape index (κ1) is 15.8. The molecule has 0 fully saturated rings. The molecule has 2 heteroatoms. The Morgan fingerprint density at radius 3 is 2.53 bits per heavy atom. The van der Waals surface area contributed by atoms with Gasteiger partial charge in [0.2, 0.25) is 0 Å². The summed E-state index contributed by atoms with van der Waals surface area (Å²) in [6.45, 7) is 15.7. The summed E-state index contributed by atoms with van der Waals surface area (Å²) in [5.74, 6) is 0.927. The molecule has 0 aliphatic heterocycles. The molecule has 2 nitrogen and oxygen atoms in total. The molecule has 0 saturated heterocycles. The van der Waals surface area contributed by atoms with Gasteiger partial charge in [0.25, 0.3) is 0 Å². The van der Waals surface area contributed by atoms with E-state index in [1.54, 1.807) is 0 Å². The Balaban J connectivity index is 2.40. The van der Waals surface area contributed by atoms with Gasteiger partial charge in [-0.3, -0.25) is 4.90 Å². The molecular weight excluding hydrogens is 234 g/mol. The molecular formula is C17H27NO. The molecule has 0 atom stereocenters. The largest absolute Gasteiger partial charge is 0.493 e. The minimum Gasteiger partial charge on any atom is -0.493 e. The lowest BCUT2D eigenvalue weighted by molar-refractivity contribution is 0.134. The molecule has 0 unspecified atom stereocenters. The Morgan fingerprint density at radius 1 is 1.26 bits per heavy atom. The van der Waals surface area contributed by atoms with Gasteiger partial charge in [-0.1, -0.05) is 37.8 Å². The predicted octanol–water partition coefficient (Wildman–Crippen LogP) is 4.22. The van der Waals surface area contributed by atoms with Crippen LogP contribution in [0.3, 0.4) is 0 Å². The first-order valence-electron chi connectivity index (χ1n) is 7.08. The van der Waals surface area contributed by atoms with Crippen molar-refractivity contribution in [2.45, 2.75) is 39.7 Å². The molecule has 0 bridgehead atoms. The summed E-state index contributed by atoms with van der Waals surface area (Å²) >= 11 is 0. The van der Waals surface area contributed by atoms with Crippen LogP contribution in [0.1, 0.15) is 39.7 Å². The molecule has 0 aromatic heterocycles. The zero-order valence-corrected chi connectivity index (χ0v) is 12.8. The van der Waals surface area contributed by atoms with Crippen molar-refractivity contribution in [1.29, 1.82) is 0 Å². The van der Waals surface area contributed by atoms with Gasteiger partial charge in [-0.05, 0) is 39.8 Å². The lowest BCUT2D eigenvalue weighted by Crippen LogP contribution is -2.42. The standard InChI is InChI=1S/C17H27NO/c1-6-15-11-8-9-12-16(15)19-14-10-13-18(7-2)17(3,4)5/h6,8-9,11-12H,1,7,10,13-14H2,2-5H3. The zero-order valence-electron chi connectivity index (χ0n) is 12.8. The fourth-order valence-electron chi connectivity index (χ4n) is 2.19.